The van der Waals surface area contributed by atoms with Crippen LogP contribution in [0.5, 0.6) is 5.75 Å². The monoisotopic (exact) mass is 271 g/mol. The van der Waals surface area contributed by atoms with E-state index in [1.54, 1.807) is 25.1 Å². The molecule has 6 nitrogen and oxygen atoms in total. The van der Waals surface area contributed by atoms with Crippen molar-refractivity contribution < 1.29 is 10.0 Å². The van der Waals surface area contributed by atoms with Gasteiger partial charge in [-0.2, -0.15) is 5.11 Å². The molecule has 0 aliphatic carbocycles. The van der Waals surface area contributed by atoms with Crippen molar-refractivity contribution >= 4 is 17.1 Å². The van der Waals surface area contributed by atoms with E-state index in [2.05, 4.69) is 10.2 Å². The van der Waals surface area contributed by atoms with Crippen LogP contribution in [-0.4, -0.2) is 10.0 Å². The molecular formula is C14H13N3O3. The Balaban J connectivity index is 2.32. The largest absolute Gasteiger partial charge is 0.506 e. The third-order valence-electron chi connectivity index (χ3n) is 2.79. The molecule has 0 spiro atoms. The molecule has 0 aromatic heterocycles. The number of hydrogen-bond donors (Lipinski definition) is 1. The molecular weight excluding hydrogens is 258 g/mol. The maximum Gasteiger partial charge on any atom is 0.269 e. The molecule has 0 unspecified atom stereocenters. The van der Waals surface area contributed by atoms with Crippen molar-refractivity contribution in [3.05, 3.63) is 57.6 Å². The third kappa shape index (κ3) is 2.97. The highest BCUT2D eigenvalue weighted by Gasteiger charge is 2.07. The molecule has 0 aliphatic rings. The number of phenolic OH excluding ortho intramolecular Hbond substituents is 1. The molecule has 20 heavy (non-hydrogen) atoms. The summed E-state index contributed by atoms with van der Waals surface area (Å²) in [6, 6.07) is 9.36. The van der Waals surface area contributed by atoms with Crippen molar-refractivity contribution in [3.8, 4) is 5.75 Å². The number of nitrogens with zero attached hydrogens (tertiary/aromatic N) is 3. The van der Waals surface area contributed by atoms with Gasteiger partial charge in [0.15, 0.2) is 0 Å². The molecule has 102 valence electrons. The second-order valence-electron chi connectivity index (χ2n) is 4.42. The fourth-order valence-corrected chi connectivity index (χ4v) is 1.69. The van der Waals surface area contributed by atoms with Crippen molar-refractivity contribution in [2.45, 2.75) is 13.8 Å². The van der Waals surface area contributed by atoms with Gasteiger partial charge in [-0.1, -0.05) is 6.07 Å². The second kappa shape index (κ2) is 5.48. The molecule has 0 bridgehead atoms. The van der Waals surface area contributed by atoms with Gasteiger partial charge in [0.1, 0.15) is 11.4 Å². The lowest BCUT2D eigenvalue weighted by atomic mass is 10.2. The van der Waals surface area contributed by atoms with E-state index >= 15 is 0 Å². The van der Waals surface area contributed by atoms with Crippen LogP contribution in [-0.2, 0) is 0 Å². The number of hydrogen-bond acceptors (Lipinski definition) is 5. The van der Waals surface area contributed by atoms with E-state index in [0.29, 0.717) is 16.9 Å². The van der Waals surface area contributed by atoms with Crippen molar-refractivity contribution in [2.75, 3.05) is 0 Å². The fourth-order valence-electron chi connectivity index (χ4n) is 1.69. The van der Waals surface area contributed by atoms with Crippen LogP contribution < -0.4 is 0 Å². The molecule has 0 amide bonds. The van der Waals surface area contributed by atoms with Crippen molar-refractivity contribution in [2.24, 2.45) is 10.2 Å². The van der Waals surface area contributed by atoms with Crippen molar-refractivity contribution in [1.82, 2.24) is 0 Å². The van der Waals surface area contributed by atoms with E-state index in [1.165, 1.54) is 18.2 Å². The Morgan fingerprint density at radius 1 is 1.05 bits per heavy atom. The summed E-state index contributed by atoms with van der Waals surface area (Å²) in [7, 11) is 0. The number of azo groups is 1. The Hall–Kier alpha value is -2.76. The van der Waals surface area contributed by atoms with E-state index in [4.69, 9.17) is 0 Å². The van der Waals surface area contributed by atoms with Gasteiger partial charge < -0.3 is 5.11 Å². The first kappa shape index (κ1) is 13.7. The van der Waals surface area contributed by atoms with Gasteiger partial charge in [0, 0.05) is 12.1 Å². The summed E-state index contributed by atoms with van der Waals surface area (Å²) in [6.45, 7) is 3.60. The number of aromatic hydroxyl groups is 1. The topological polar surface area (TPSA) is 88.1 Å². The van der Waals surface area contributed by atoms with Crippen molar-refractivity contribution in [1.29, 1.82) is 0 Å². The van der Waals surface area contributed by atoms with Crippen LogP contribution in [0.1, 0.15) is 11.1 Å². The molecule has 0 saturated carbocycles. The average molecular weight is 271 g/mol. The maximum atomic E-state index is 10.6. The molecule has 0 saturated heterocycles. The molecule has 2 rings (SSSR count). The lowest BCUT2D eigenvalue weighted by molar-refractivity contribution is -0.384. The van der Waals surface area contributed by atoms with Crippen LogP contribution in [0.3, 0.4) is 0 Å². The summed E-state index contributed by atoms with van der Waals surface area (Å²) in [5, 5.41) is 28.3. The second-order valence-corrected chi connectivity index (χ2v) is 4.42. The number of rotatable bonds is 3. The van der Waals surface area contributed by atoms with Crippen LogP contribution >= 0.6 is 0 Å². The van der Waals surface area contributed by atoms with Crippen LogP contribution in [0, 0.1) is 24.0 Å². The van der Waals surface area contributed by atoms with Crippen LogP contribution in [0.15, 0.2) is 46.6 Å². The molecule has 0 heterocycles. The number of nitro groups is 1. The number of nitro benzene ring substituents is 1. The molecule has 2 aromatic carbocycles. The molecule has 0 atom stereocenters. The minimum atomic E-state index is -0.458. The quantitative estimate of drug-likeness (QED) is 0.511. The number of benzene rings is 2. The van der Waals surface area contributed by atoms with Gasteiger partial charge in [0.2, 0.25) is 0 Å². The summed E-state index contributed by atoms with van der Waals surface area (Å²) in [5.74, 6) is 0.0407. The van der Waals surface area contributed by atoms with Crippen molar-refractivity contribution in [3.63, 3.8) is 0 Å². The van der Waals surface area contributed by atoms with Gasteiger partial charge in [0.05, 0.1) is 10.6 Å². The molecule has 1 N–H and O–H groups in total. The third-order valence-corrected chi connectivity index (χ3v) is 2.79. The molecule has 0 fully saturated rings. The Morgan fingerprint density at radius 3 is 2.40 bits per heavy atom. The summed E-state index contributed by atoms with van der Waals surface area (Å²) in [5.41, 5.74) is 2.51. The predicted molar refractivity (Wildman–Crippen MR) is 74.9 cm³/mol. The fraction of sp³-hybridized carbons (Fsp3) is 0.143. The summed E-state index contributed by atoms with van der Waals surface area (Å²) >= 11 is 0. The van der Waals surface area contributed by atoms with Crippen LogP contribution in [0.2, 0.25) is 0 Å². The summed E-state index contributed by atoms with van der Waals surface area (Å²) in [4.78, 5) is 10.2. The van der Waals surface area contributed by atoms with E-state index in [9.17, 15) is 15.2 Å². The lowest BCUT2D eigenvalue weighted by Gasteiger charge is -2.01. The number of non-ortho nitro benzene ring substituents is 1. The zero-order valence-corrected chi connectivity index (χ0v) is 11.1. The van der Waals surface area contributed by atoms with E-state index in [0.717, 1.165) is 5.56 Å². The number of phenols is 1. The SMILES string of the molecule is Cc1ccc(O)c(N=Nc2ccc([N+](=O)[O-])cc2C)c1. The highest BCUT2D eigenvalue weighted by Crippen LogP contribution is 2.30. The van der Waals surface area contributed by atoms with Crippen LogP contribution in [0.4, 0.5) is 17.1 Å². The predicted octanol–water partition coefficient (Wildman–Crippen LogP) is 4.33. The maximum absolute atomic E-state index is 10.6. The minimum absolute atomic E-state index is 0.0138. The van der Waals surface area contributed by atoms with E-state index < -0.39 is 4.92 Å². The van der Waals surface area contributed by atoms with Gasteiger partial charge in [-0.3, -0.25) is 10.1 Å². The first-order valence-corrected chi connectivity index (χ1v) is 5.94. The highest BCUT2D eigenvalue weighted by molar-refractivity contribution is 5.54. The Bertz CT molecular complexity index is 696. The van der Waals surface area contributed by atoms with E-state index in [1.807, 2.05) is 6.92 Å². The van der Waals surface area contributed by atoms with Gasteiger partial charge in [-0.25, -0.2) is 0 Å². The standard InChI is InChI=1S/C14H13N3O3/c1-9-3-6-14(18)13(7-9)16-15-12-5-4-11(17(19)20)8-10(12)2/h3-8,18H,1-2H3. The Kier molecular flexibility index (Phi) is 3.74. The molecule has 2 aromatic rings. The molecule has 0 aliphatic heterocycles. The van der Waals surface area contributed by atoms with Gasteiger partial charge in [0.25, 0.3) is 5.69 Å². The summed E-state index contributed by atoms with van der Waals surface area (Å²) in [6.07, 6.45) is 0. The van der Waals surface area contributed by atoms with Gasteiger partial charge in [-0.15, -0.1) is 5.11 Å². The lowest BCUT2D eigenvalue weighted by Crippen LogP contribution is -1.87. The number of aryl methyl sites for hydroxylation is 2. The summed E-state index contributed by atoms with van der Waals surface area (Å²) < 4.78 is 0. The molecule has 6 heteroatoms. The van der Waals surface area contributed by atoms with E-state index in [-0.39, 0.29) is 11.4 Å². The molecule has 0 radical (unpaired) electrons. The zero-order valence-electron chi connectivity index (χ0n) is 11.1. The van der Waals surface area contributed by atoms with Gasteiger partial charge >= 0.3 is 0 Å². The highest BCUT2D eigenvalue weighted by atomic mass is 16.6. The first-order chi connectivity index (χ1) is 9.47. The first-order valence-electron chi connectivity index (χ1n) is 5.94. The Labute approximate surface area is 115 Å². The average Bonchev–Trinajstić information content (AvgIpc) is 2.40. The Morgan fingerprint density at radius 2 is 1.75 bits per heavy atom. The smallest absolute Gasteiger partial charge is 0.269 e. The van der Waals surface area contributed by atoms with Crippen LogP contribution in [0.25, 0.3) is 0 Å². The van der Waals surface area contributed by atoms with Gasteiger partial charge in [-0.05, 0) is 43.2 Å². The minimum Gasteiger partial charge on any atom is -0.506 e. The normalized spacial score (nSPS) is 10.9. The zero-order chi connectivity index (χ0) is 14.7.